The highest BCUT2D eigenvalue weighted by Crippen LogP contribution is 2.29. The van der Waals surface area contributed by atoms with Gasteiger partial charge in [0.05, 0.1) is 51.8 Å². The predicted molar refractivity (Wildman–Crippen MR) is 174 cm³/mol. The van der Waals surface area contributed by atoms with Gasteiger partial charge in [-0.3, -0.25) is 19.5 Å². The molecule has 1 aliphatic heterocycles. The number of fused-ring (bicyclic) bond motifs is 2. The number of terminal acetylenes is 1. The van der Waals surface area contributed by atoms with Crippen LogP contribution in [0, 0.1) is 12.3 Å². The van der Waals surface area contributed by atoms with Crippen LogP contribution in [0.4, 0.5) is 5.95 Å². The zero-order chi connectivity index (χ0) is 31.8. The molecule has 2 atom stereocenters. The van der Waals surface area contributed by atoms with Gasteiger partial charge in [-0.25, -0.2) is 9.55 Å². The Morgan fingerprint density at radius 1 is 1.07 bits per heavy atom. The van der Waals surface area contributed by atoms with E-state index >= 15 is 0 Å². The van der Waals surface area contributed by atoms with Crippen molar-refractivity contribution in [2.75, 3.05) is 12.4 Å². The minimum atomic E-state index is -0.697. The van der Waals surface area contributed by atoms with E-state index in [1.165, 1.54) is 15.5 Å². The maximum Gasteiger partial charge on any atom is 0.263 e. The average molecular weight is 641 g/mol. The molecule has 2 aromatic heterocycles. The summed E-state index contributed by atoms with van der Waals surface area (Å²) in [5.74, 6) is 2.34. The van der Waals surface area contributed by atoms with Crippen LogP contribution in [-0.4, -0.2) is 49.6 Å². The average Bonchev–Trinajstić information content (AvgIpc) is 3.53. The number of halogens is 2. The second-order valence-corrected chi connectivity index (χ2v) is 11.5. The Morgan fingerprint density at radius 3 is 2.53 bits per heavy atom. The van der Waals surface area contributed by atoms with E-state index in [1.807, 2.05) is 25.1 Å². The summed E-state index contributed by atoms with van der Waals surface area (Å²) in [7, 11) is 1.55. The zero-order valence-corrected chi connectivity index (χ0v) is 25.8. The summed E-state index contributed by atoms with van der Waals surface area (Å²) in [6.07, 6.45) is 7.74. The van der Waals surface area contributed by atoms with Gasteiger partial charge >= 0.3 is 0 Å². The Balaban J connectivity index is 1.44. The fraction of sp³-hybridized carbons (Fsp3) is 0.182. The standard InChI is InChI=1S/C33H27Cl2N7O3/c1-4-23-15-25-29(17-41(23)31(44)21-7-11-26(34)27(35)14-21)39-33(38-18(2)20-8-12-28-22(13-20)16-37-40-28)42(32(25)45)24-9-5-19(6-10-24)30(43)36-3/h1,5-14,16,18,23H,15,17H2,2-3H3,(H,36,43)(H,37,40)(H,38,39)/t18?,23-/m1/s1. The Bertz CT molecular complexity index is 2060. The summed E-state index contributed by atoms with van der Waals surface area (Å²) in [6, 6.07) is 16.2. The lowest BCUT2D eigenvalue weighted by Crippen LogP contribution is -2.46. The molecule has 0 saturated carbocycles. The molecule has 5 aromatic rings. The minimum absolute atomic E-state index is 0.0129. The van der Waals surface area contributed by atoms with Crippen LogP contribution in [0.1, 0.15) is 50.5 Å². The third-order valence-corrected chi connectivity index (χ3v) is 8.64. The van der Waals surface area contributed by atoms with E-state index in [0.717, 1.165) is 16.5 Å². The lowest BCUT2D eigenvalue weighted by molar-refractivity contribution is 0.0685. The highest BCUT2D eigenvalue weighted by atomic mass is 35.5. The maximum absolute atomic E-state index is 14.2. The van der Waals surface area contributed by atoms with Crippen LogP contribution in [0.3, 0.4) is 0 Å². The van der Waals surface area contributed by atoms with Crippen molar-refractivity contribution < 1.29 is 9.59 Å². The number of amides is 2. The van der Waals surface area contributed by atoms with Gasteiger partial charge in [-0.05, 0) is 67.1 Å². The van der Waals surface area contributed by atoms with Crippen molar-refractivity contribution in [3.63, 3.8) is 0 Å². The lowest BCUT2D eigenvalue weighted by Gasteiger charge is -2.34. The van der Waals surface area contributed by atoms with Crippen molar-refractivity contribution in [2.45, 2.75) is 32.0 Å². The number of rotatable bonds is 6. The number of nitrogens with zero attached hydrogens (tertiary/aromatic N) is 4. The SMILES string of the molecule is C#C[C@@H]1Cc2c(nc(NC(C)c3ccc4[nH]ncc4c3)n(-c3ccc(C(=O)NC)cc3)c2=O)CN1C(=O)c1ccc(Cl)c(Cl)c1. The molecule has 6 rings (SSSR count). The van der Waals surface area contributed by atoms with Crippen molar-refractivity contribution in [3.8, 4) is 18.0 Å². The van der Waals surface area contributed by atoms with Crippen LogP contribution in [-0.2, 0) is 13.0 Å². The van der Waals surface area contributed by atoms with Crippen LogP contribution in [0.5, 0.6) is 0 Å². The summed E-state index contributed by atoms with van der Waals surface area (Å²) in [5, 5.41) is 14.6. The van der Waals surface area contributed by atoms with Gasteiger partial charge in [-0.15, -0.1) is 6.42 Å². The second kappa shape index (κ2) is 12.1. The molecule has 2 amide bonds. The van der Waals surface area contributed by atoms with Crippen LogP contribution in [0.15, 0.2) is 71.7 Å². The van der Waals surface area contributed by atoms with Gasteiger partial charge in [0, 0.05) is 35.5 Å². The number of nitrogens with one attached hydrogen (secondary N) is 3. The van der Waals surface area contributed by atoms with Gasteiger partial charge in [0.15, 0.2) is 0 Å². The Hall–Kier alpha value is -5.11. The molecular formula is C33H27Cl2N7O3. The highest BCUT2D eigenvalue weighted by molar-refractivity contribution is 6.42. The number of aromatic nitrogens is 4. The fourth-order valence-corrected chi connectivity index (χ4v) is 5.72. The van der Waals surface area contributed by atoms with E-state index in [9.17, 15) is 14.4 Å². The molecule has 0 saturated heterocycles. The first-order valence-corrected chi connectivity index (χ1v) is 14.8. The Kier molecular flexibility index (Phi) is 8.06. The highest BCUT2D eigenvalue weighted by Gasteiger charge is 2.33. The lowest BCUT2D eigenvalue weighted by atomic mass is 9.97. The summed E-state index contributed by atoms with van der Waals surface area (Å²) in [5.41, 5.74) is 3.63. The first-order valence-electron chi connectivity index (χ1n) is 14.1. The van der Waals surface area contributed by atoms with Crippen LogP contribution in [0.2, 0.25) is 10.0 Å². The number of hydrogen-bond acceptors (Lipinski definition) is 6. The van der Waals surface area contributed by atoms with E-state index in [1.54, 1.807) is 49.6 Å². The van der Waals surface area contributed by atoms with Gasteiger partial charge in [-0.1, -0.05) is 35.2 Å². The predicted octanol–water partition coefficient (Wildman–Crippen LogP) is 5.15. The zero-order valence-electron chi connectivity index (χ0n) is 24.3. The topological polar surface area (TPSA) is 125 Å². The maximum atomic E-state index is 14.2. The molecule has 0 spiro atoms. The quantitative estimate of drug-likeness (QED) is 0.221. The van der Waals surface area contributed by atoms with E-state index in [4.69, 9.17) is 34.6 Å². The van der Waals surface area contributed by atoms with E-state index in [-0.39, 0.29) is 47.4 Å². The molecule has 226 valence electrons. The molecule has 10 nitrogen and oxygen atoms in total. The number of hydrogen-bond donors (Lipinski definition) is 3. The monoisotopic (exact) mass is 639 g/mol. The van der Waals surface area contributed by atoms with Crippen molar-refractivity contribution in [2.24, 2.45) is 0 Å². The number of benzene rings is 3. The van der Waals surface area contributed by atoms with Gasteiger partial charge in [0.1, 0.15) is 0 Å². The summed E-state index contributed by atoms with van der Waals surface area (Å²) >= 11 is 12.3. The molecule has 0 bridgehead atoms. The van der Waals surface area contributed by atoms with Crippen LogP contribution >= 0.6 is 23.2 Å². The van der Waals surface area contributed by atoms with Crippen molar-refractivity contribution >= 4 is 51.9 Å². The van der Waals surface area contributed by atoms with E-state index in [0.29, 0.717) is 33.1 Å². The normalized spacial score (nSPS) is 14.8. The molecule has 0 fully saturated rings. The third kappa shape index (κ3) is 5.64. The molecule has 3 heterocycles. The smallest absolute Gasteiger partial charge is 0.263 e. The molecule has 12 heteroatoms. The third-order valence-electron chi connectivity index (χ3n) is 7.90. The Labute approximate surface area is 268 Å². The Morgan fingerprint density at radius 2 is 1.82 bits per heavy atom. The van der Waals surface area contributed by atoms with Gasteiger partial charge in [0.2, 0.25) is 5.95 Å². The van der Waals surface area contributed by atoms with Crippen molar-refractivity contribution in [1.29, 1.82) is 0 Å². The molecule has 3 aromatic carbocycles. The molecule has 3 N–H and O–H groups in total. The fourth-order valence-electron chi connectivity index (χ4n) is 5.42. The molecule has 0 radical (unpaired) electrons. The molecule has 0 aliphatic carbocycles. The molecular weight excluding hydrogens is 613 g/mol. The largest absolute Gasteiger partial charge is 0.355 e. The summed E-state index contributed by atoms with van der Waals surface area (Å²) < 4.78 is 1.48. The number of carbonyl (C=O) groups is 2. The first-order chi connectivity index (χ1) is 21.7. The molecule has 45 heavy (non-hydrogen) atoms. The van der Waals surface area contributed by atoms with Crippen molar-refractivity contribution in [3.05, 3.63) is 115 Å². The van der Waals surface area contributed by atoms with E-state index in [2.05, 4.69) is 26.8 Å². The van der Waals surface area contributed by atoms with Crippen LogP contribution in [0.25, 0.3) is 16.6 Å². The number of H-pyrrole nitrogens is 1. The van der Waals surface area contributed by atoms with Gasteiger partial charge < -0.3 is 15.5 Å². The minimum Gasteiger partial charge on any atom is -0.355 e. The van der Waals surface area contributed by atoms with E-state index < -0.39 is 6.04 Å². The van der Waals surface area contributed by atoms with Crippen molar-refractivity contribution in [1.82, 2.24) is 30.0 Å². The summed E-state index contributed by atoms with van der Waals surface area (Å²) in [6.45, 7) is 1.97. The number of aromatic amines is 1. The molecule has 1 aliphatic rings. The van der Waals surface area contributed by atoms with Crippen LogP contribution < -0.4 is 16.2 Å². The first kappa shape index (κ1) is 29.9. The second-order valence-electron chi connectivity index (χ2n) is 10.7. The summed E-state index contributed by atoms with van der Waals surface area (Å²) in [4.78, 5) is 46.5. The van der Waals surface area contributed by atoms with Gasteiger partial charge in [0.25, 0.3) is 17.4 Å². The molecule has 1 unspecified atom stereocenters. The number of carbonyl (C=O) groups excluding carboxylic acids is 2. The van der Waals surface area contributed by atoms with Gasteiger partial charge in [-0.2, -0.15) is 5.10 Å². The number of anilines is 1.